The van der Waals surface area contributed by atoms with Gasteiger partial charge in [-0.05, 0) is 76.6 Å². The molecule has 178 valence electrons. The van der Waals surface area contributed by atoms with E-state index in [2.05, 4.69) is 45.9 Å². The van der Waals surface area contributed by atoms with Crippen molar-refractivity contribution >= 4 is 18.7 Å². The number of nitrogens with zero attached hydrogens (tertiary/aromatic N) is 2. The van der Waals surface area contributed by atoms with E-state index in [0.717, 1.165) is 22.8 Å². The van der Waals surface area contributed by atoms with Crippen molar-refractivity contribution in [3.63, 3.8) is 0 Å². The topological polar surface area (TPSA) is 52.9 Å². The van der Waals surface area contributed by atoms with Gasteiger partial charge in [-0.25, -0.2) is 4.98 Å². The lowest BCUT2D eigenvalue weighted by Gasteiger charge is -2.31. The molecule has 6 heteroatoms. The molecule has 0 bridgehead atoms. The Morgan fingerprint density at radius 2 is 1.39 bits per heavy atom. The molecule has 1 aromatic carbocycles. The maximum absolute atomic E-state index is 6.08. The molecule has 1 saturated heterocycles. The highest BCUT2D eigenvalue weighted by atomic mass is 16.8. The molecule has 0 amide bonds. The van der Waals surface area contributed by atoms with E-state index in [4.69, 9.17) is 23.9 Å². The SMILES string of the molecule is C/C(=N\c1c(C(C)C)cccc1C(C)C)c1cccc(C(C)OB2OC(C)(C)C(C)(C)O2)n1. The van der Waals surface area contributed by atoms with E-state index in [1.165, 1.54) is 11.1 Å². The van der Waals surface area contributed by atoms with Gasteiger partial charge in [0.2, 0.25) is 0 Å². The Labute approximate surface area is 200 Å². The molecule has 0 spiro atoms. The number of hydrogen-bond donors (Lipinski definition) is 0. The van der Waals surface area contributed by atoms with Gasteiger partial charge in [-0.3, -0.25) is 4.99 Å². The average molecular weight is 450 g/mol. The van der Waals surface area contributed by atoms with Crippen molar-refractivity contribution in [1.29, 1.82) is 0 Å². The van der Waals surface area contributed by atoms with Crippen LogP contribution >= 0.6 is 0 Å². The summed E-state index contributed by atoms with van der Waals surface area (Å²) < 4.78 is 18.1. The lowest BCUT2D eigenvalue weighted by Crippen LogP contribution is -2.41. The largest absolute Gasteiger partial charge is 0.640 e. The maximum Gasteiger partial charge on any atom is 0.640 e. The van der Waals surface area contributed by atoms with Crippen LogP contribution in [-0.4, -0.2) is 29.2 Å². The van der Waals surface area contributed by atoms with E-state index in [1.54, 1.807) is 0 Å². The summed E-state index contributed by atoms with van der Waals surface area (Å²) in [6.07, 6.45) is -0.290. The first-order valence-electron chi connectivity index (χ1n) is 12.0. The predicted octanol–water partition coefficient (Wildman–Crippen LogP) is 7.14. The quantitative estimate of drug-likeness (QED) is 0.332. The maximum atomic E-state index is 6.08. The van der Waals surface area contributed by atoms with Crippen molar-refractivity contribution in [1.82, 2.24) is 4.98 Å². The van der Waals surface area contributed by atoms with Crippen LogP contribution < -0.4 is 0 Å². The number of aromatic nitrogens is 1. The Bertz CT molecular complexity index is 972. The molecule has 3 rings (SSSR count). The molecule has 5 nitrogen and oxygen atoms in total. The van der Waals surface area contributed by atoms with Crippen LogP contribution in [0.5, 0.6) is 0 Å². The third-order valence-corrected chi connectivity index (χ3v) is 6.73. The Kier molecular flexibility index (Phi) is 7.52. The zero-order valence-corrected chi connectivity index (χ0v) is 21.9. The van der Waals surface area contributed by atoms with Gasteiger partial charge >= 0.3 is 7.32 Å². The van der Waals surface area contributed by atoms with Crippen LogP contribution in [0.2, 0.25) is 0 Å². The molecule has 0 aliphatic carbocycles. The minimum atomic E-state index is -0.725. The summed E-state index contributed by atoms with van der Waals surface area (Å²) in [7, 11) is -0.725. The minimum absolute atomic E-state index is 0.290. The fourth-order valence-electron chi connectivity index (χ4n) is 3.83. The highest BCUT2D eigenvalue weighted by Crippen LogP contribution is 2.38. The molecule has 1 atom stereocenters. The van der Waals surface area contributed by atoms with E-state index < -0.39 is 18.5 Å². The molecule has 1 fully saturated rings. The monoisotopic (exact) mass is 450 g/mol. The Hall–Kier alpha value is -2.02. The van der Waals surface area contributed by atoms with Gasteiger partial charge in [0.15, 0.2) is 0 Å². The van der Waals surface area contributed by atoms with E-state index in [-0.39, 0.29) is 6.10 Å². The van der Waals surface area contributed by atoms with Crippen molar-refractivity contribution < 1.29 is 14.0 Å². The predicted molar refractivity (Wildman–Crippen MR) is 136 cm³/mol. The van der Waals surface area contributed by atoms with E-state index in [0.29, 0.717) is 11.8 Å². The van der Waals surface area contributed by atoms with Gasteiger partial charge < -0.3 is 14.0 Å². The standard InChI is InChI=1S/C27H39BN2O3/c1-17(2)21-13-11-14-22(18(3)4)25(21)29-19(5)23-15-12-16-24(30-23)20(6)31-28-32-26(7,8)27(9,10)33-28/h11-18,20H,1-10H3/b29-19+. The van der Waals surface area contributed by atoms with Gasteiger partial charge in [0.25, 0.3) is 0 Å². The molecular formula is C27H39BN2O3. The second kappa shape index (κ2) is 9.69. The van der Waals surface area contributed by atoms with Gasteiger partial charge in [0.05, 0.1) is 40.1 Å². The summed E-state index contributed by atoms with van der Waals surface area (Å²) in [5.41, 5.74) is 5.25. The number of hydrogen-bond acceptors (Lipinski definition) is 5. The highest BCUT2D eigenvalue weighted by molar-refractivity contribution is 6.37. The van der Waals surface area contributed by atoms with Crippen molar-refractivity contribution in [2.75, 3.05) is 0 Å². The molecule has 0 saturated carbocycles. The van der Waals surface area contributed by atoms with Crippen LogP contribution in [0.4, 0.5) is 5.69 Å². The van der Waals surface area contributed by atoms with Gasteiger partial charge in [-0.1, -0.05) is 52.0 Å². The smallest absolute Gasteiger partial charge is 0.378 e. The number of aliphatic imine (C=N–C) groups is 1. The first kappa shape index (κ1) is 25.6. The Morgan fingerprint density at radius 3 is 1.91 bits per heavy atom. The summed E-state index contributed by atoms with van der Waals surface area (Å²) in [6.45, 7) is 20.9. The minimum Gasteiger partial charge on any atom is -0.378 e. The average Bonchev–Trinajstić information content (AvgIpc) is 2.93. The van der Waals surface area contributed by atoms with E-state index in [1.807, 2.05) is 59.7 Å². The molecule has 2 aromatic rings. The third-order valence-electron chi connectivity index (χ3n) is 6.73. The van der Waals surface area contributed by atoms with E-state index in [9.17, 15) is 0 Å². The number of para-hydroxylation sites is 1. The van der Waals surface area contributed by atoms with Crippen molar-refractivity contribution in [3.8, 4) is 0 Å². The van der Waals surface area contributed by atoms with Crippen molar-refractivity contribution in [2.45, 2.75) is 98.4 Å². The van der Waals surface area contributed by atoms with Gasteiger partial charge in [0, 0.05) is 0 Å². The Balaban J connectivity index is 1.86. The van der Waals surface area contributed by atoms with Crippen LogP contribution in [0, 0.1) is 0 Å². The molecule has 33 heavy (non-hydrogen) atoms. The molecule has 0 N–H and O–H groups in total. The molecule has 1 aromatic heterocycles. The van der Waals surface area contributed by atoms with Crippen LogP contribution in [-0.2, 0) is 14.0 Å². The second-order valence-electron chi connectivity index (χ2n) is 10.6. The van der Waals surface area contributed by atoms with Crippen LogP contribution in [0.15, 0.2) is 41.4 Å². The van der Waals surface area contributed by atoms with Crippen LogP contribution in [0.1, 0.15) is 110 Å². The van der Waals surface area contributed by atoms with Gasteiger partial charge in [-0.15, -0.1) is 0 Å². The summed E-state index contributed by atoms with van der Waals surface area (Å²) in [6, 6.07) is 12.4. The fraction of sp³-hybridized carbons (Fsp3) is 0.556. The molecule has 1 unspecified atom stereocenters. The van der Waals surface area contributed by atoms with Gasteiger partial charge in [0.1, 0.15) is 0 Å². The van der Waals surface area contributed by atoms with Crippen molar-refractivity contribution in [3.05, 3.63) is 58.9 Å². The molecule has 0 radical (unpaired) electrons. The zero-order valence-electron chi connectivity index (χ0n) is 21.9. The van der Waals surface area contributed by atoms with Crippen LogP contribution in [0.25, 0.3) is 0 Å². The molecule has 1 aliphatic rings. The summed E-state index contributed by atoms with van der Waals surface area (Å²) in [5, 5.41) is 0. The first-order chi connectivity index (χ1) is 15.3. The Morgan fingerprint density at radius 1 is 0.879 bits per heavy atom. The molecule has 1 aliphatic heterocycles. The summed E-state index contributed by atoms with van der Waals surface area (Å²) in [5.74, 6) is 0.783. The van der Waals surface area contributed by atoms with Crippen molar-refractivity contribution in [2.24, 2.45) is 4.99 Å². The summed E-state index contributed by atoms with van der Waals surface area (Å²) >= 11 is 0. The van der Waals surface area contributed by atoms with Crippen LogP contribution in [0.3, 0.4) is 0 Å². The van der Waals surface area contributed by atoms with E-state index >= 15 is 0 Å². The summed E-state index contributed by atoms with van der Waals surface area (Å²) in [4.78, 5) is 9.94. The molecular weight excluding hydrogens is 411 g/mol. The normalized spacial score (nSPS) is 18.9. The lowest BCUT2D eigenvalue weighted by molar-refractivity contribution is 0.00578. The fourth-order valence-corrected chi connectivity index (χ4v) is 3.83. The number of pyridine rings is 1. The zero-order chi connectivity index (χ0) is 24.6. The number of rotatable bonds is 7. The number of benzene rings is 1. The first-order valence-corrected chi connectivity index (χ1v) is 12.0. The third kappa shape index (κ3) is 5.56. The molecule has 2 heterocycles. The lowest BCUT2D eigenvalue weighted by atomic mass is 9.90. The van der Waals surface area contributed by atoms with Gasteiger partial charge in [-0.2, -0.15) is 0 Å². The highest BCUT2D eigenvalue weighted by Gasteiger charge is 2.53. The second-order valence-corrected chi connectivity index (χ2v) is 10.6.